The molecule has 0 saturated carbocycles. The van der Waals surface area contributed by atoms with Crippen molar-refractivity contribution < 1.29 is 14.3 Å². The fourth-order valence-electron chi connectivity index (χ4n) is 2.97. The van der Waals surface area contributed by atoms with Crippen LogP contribution in [0, 0.1) is 11.8 Å². The lowest BCUT2D eigenvalue weighted by Crippen LogP contribution is -2.42. The molecule has 0 aromatic rings. The van der Waals surface area contributed by atoms with Crippen molar-refractivity contribution in [3.05, 3.63) is 0 Å². The average molecular weight is 331 g/mol. The van der Waals surface area contributed by atoms with Gasteiger partial charge in [-0.3, -0.25) is 0 Å². The van der Waals surface area contributed by atoms with Crippen LogP contribution < -0.4 is 0 Å². The summed E-state index contributed by atoms with van der Waals surface area (Å²) in [5.41, 5.74) is 0.0342. The van der Waals surface area contributed by atoms with Crippen LogP contribution in [0.3, 0.4) is 0 Å². The summed E-state index contributed by atoms with van der Waals surface area (Å²) in [6.07, 6.45) is 4.24. The van der Waals surface area contributed by atoms with E-state index in [0.717, 1.165) is 38.9 Å². The molecule has 0 spiro atoms. The Hall–Kier alpha value is 0.0969. The lowest BCUT2D eigenvalue weighted by Gasteiger charge is -2.37. The third kappa shape index (κ3) is 6.30. The Kier molecular flexibility index (Phi) is 7.12. The first kappa shape index (κ1) is 20.1. The number of aliphatic hydroxyl groups excluding tert-OH is 1. The quantitative estimate of drug-likeness (QED) is 0.661. The monoisotopic (exact) mass is 330 g/mol. The van der Waals surface area contributed by atoms with Crippen molar-refractivity contribution in [3.63, 3.8) is 0 Å². The molecule has 0 aliphatic carbocycles. The van der Waals surface area contributed by atoms with Gasteiger partial charge in [0.2, 0.25) is 0 Å². The van der Waals surface area contributed by atoms with Gasteiger partial charge in [-0.05, 0) is 69.5 Å². The number of rotatable bonds is 8. The topological polar surface area (TPSA) is 38.7 Å². The number of hydrogen-bond acceptors (Lipinski definition) is 3. The van der Waals surface area contributed by atoms with E-state index in [-0.39, 0.29) is 17.2 Å². The first-order valence-electron chi connectivity index (χ1n) is 8.85. The van der Waals surface area contributed by atoms with Crippen molar-refractivity contribution in [3.8, 4) is 0 Å². The molecule has 22 heavy (non-hydrogen) atoms. The Labute approximate surface area is 138 Å². The van der Waals surface area contributed by atoms with Gasteiger partial charge in [0.05, 0.1) is 12.2 Å². The number of ether oxygens (including phenoxy) is 1. The minimum Gasteiger partial charge on any atom is -0.417 e. The van der Waals surface area contributed by atoms with Gasteiger partial charge in [0.1, 0.15) is 0 Å². The van der Waals surface area contributed by atoms with Crippen molar-refractivity contribution in [2.75, 3.05) is 19.8 Å². The molecule has 1 rings (SSSR count). The zero-order valence-corrected chi connectivity index (χ0v) is 16.9. The summed E-state index contributed by atoms with van der Waals surface area (Å²) in [5, 5.41) is 9.42. The highest BCUT2D eigenvalue weighted by atomic mass is 28.4. The molecule has 1 aliphatic heterocycles. The van der Waals surface area contributed by atoms with Crippen LogP contribution in [0.2, 0.25) is 18.1 Å². The SMILES string of the molecule is CC1(C)CC(CC(CCCO)CO[Si](C)(C)C(C)(C)C)CO1. The van der Waals surface area contributed by atoms with Gasteiger partial charge in [-0.15, -0.1) is 0 Å². The van der Waals surface area contributed by atoms with E-state index in [0.29, 0.717) is 11.8 Å². The molecule has 2 atom stereocenters. The summed E-state index contributed by atoms with van der Waals surface area (Å²) in [6, 6.07) is 0. The van der Waals surface area contributed by atoms with Crippen molar-refractivity contribution in [2.24, 2.45) is 11.8 Å². The minimum atomic E-state index is -1.68. The maximum Gasteiger partial charge on any atom is 0.191 e. The van der Waals surface area contributed by atoms with Gasteiger partial charge < -0.3 is 14.3 Å². The Morgan fingerprint density at radius 3 is 2.41 bits per heavy atom. The van der Waals surface area contributed by atoms with E-state index < -0.39 is 8.32 Å². The predicted octanol–water partition coefficient (Wildman–Crippen LogP) is 4.60. The van der Waals surface area contributed by atoms with Crippen LogP contribution in [0.25, 0.3) is 0 Å². The van der Waals surface area contributed by atoms with Gasteiger partial charge in [0, 0.05) is 13.2 Å². The van der Waals surface area contributed by atoms with E-state index in [2.05, 4.69) is 47.7 Å². The van der Waals surface area contributed by atoms with E-state index in [1.165, 1.54) is 0 Å². The number of aliphatic hydroxyl groups is 1. The van der Waals surface area contributed by atoms with Gasteiger partial charge in [-0.1, -0.05) is 20.8 Å². The fourth-order valence-corrected chi connectivity index (χ4v) is 4.06. The molecule has 0 amide bonds. The molecule has 1 N–H and O–H groups in total. The van der Waals surface area contributed by atoms with E-state index in [1.54, 1.807) is 0 Å². The lowest BCUT2D eigenvalue weighted by molar-refractivity contribution is 0.0343. The number of hydrogen-bond donors (Lipinski definition) is 1. The standard InChI is InChI=1S/C18H38O3Si/c1-17(2,3)22(6,7)21-14-15(9-8-10-19)11-16-12-18(4,5)20-13-16/h15-16,19H,8-14H2,1-7H3. The Morgan fingerprint density at radius 2 is 1.95 bits per heavy atom. The van der Waals surface area contributed by atoms with Crippen LogP contribution in [0.4, 0.5) is 0 Å². The third-order valence-electron chi connectivity index (χ3n) is 5.41. The fraction of sp³-hybridized carbons (Fsp3) is 1.00. The lowest BCUT2D eigenvalue weighted by atomic mass is 9.87. The highest BCUT2D eigenvalue weighted by Gasteiger charge is 2.38. The van der Waals surface area contributed by atoms with Gasteiger partial charge in [-0.2, -0.15) is 0 Å². The van der Waals surface area contributed by atoms with E-state index >= 15 is 0 Å². The molecule has 0 radical (unpaired) electrons. The second-order valence-electron chi connectivity index (χ2n) is 9.18. The molecule has 2 unspecified atom stereocenters. The summed E-state index contributed by atoms with van der Waals surface area (Å²) in [4.78, 5) is 0. The molecule has 3 nitrogen and oxygen atoms in total. The maximum atomic E-state index is 9.16. The molecule has 0 aromatic heterocycles. The maximum absolute atomic E-state index is 9.16. The Morgan fingerprint density at radius 1 is 1.32 bits per heavy atom. The van der Waals surface area contributed by atoms with Gasteiger partial charge in [0.25, 0.3) is 0 Å². The molecule has 0 bridgehead atoms. The highest BCUT2D eigenvalue weighted by molar-refractivity contribution is 6.74. The Balaban J connectivity index is 2.54. The van der Waals surface area contributed by atoms with Crippen molar-refractivity contribution in [2.45, 2.75) is 84.0 Å². The largest absolute Gasteiger partial charge is 0.417 e. The van der Waals surface area contributed by atoms with Crippen molar-refractivity contribution >= 4 is 8.32 Å². The minimum absolute atomic E-state index is 0.0342. The molecular weight excluding hydrogens is 292 g/mol. The van der Waals surface area contributed by atoms with Crippen molar-refractivity contribution in [1.82, 2.24) is 0 Å². The smallest absolute Gasteiger partial charge is 0.191 e. The summed E-state index contributed by atoms with van der Waals surface area (Å²) in [7, 11) is -1.68. The molecule has 0 aromatic carbocycles. The van der Waals surface area contributed by atoms with Gasteiger partial charge in [-0.25, -0.2) is 0 Å². The van der Waals surface area contributed by atoms with Gasteiger partial charge >= 0.3 is 0 Å². The van der Waals surface area contributed by atoms with E-state index in [4.69, 9.17) is 14.3 Å². The van der Waals surface area contributed by atoms with Crippen molar-refractivity contribution in [1.29, 1.82) is 0 Å². The van der Waals surface area contributed by atoms with E-state index in [9.17, 15) is 0 Å². The van der Waals surface area contributed by atoms with Crippen LogP contribution in [0.1, 0.15) is 60.3 Å². The average Bonchev–Trinajstić information content (AvgIpc) is 2.70. The van der Waals surface area contributed by atoms with E-state index in [1.807, 2.05) is 0 Å². The molecule has 1 fully saturated rings. The molecule has 132 valence electrons. The first-order chi connectivity index (χ1) is 9.97. The zero-order chi connectivity index (χ0) is 17.0. The third-order valence-corrected chi connectivity index (χ3v) is 9.91. The normalized spacial score (nSPS) is 23.7. The van der Waals surface area contributed by atoms with Crippen LogP contribution in [-0.4, -0.2) is 38.8 Å². The molecule has 1 aliphatic rings. The second-order valence-corrected chi connectivity index (χ2v) is 14.0. The van der Waals surface area contributed by atoms with Crippen LogP contribution >= 0.6 is 0 Å². The second kappa shape index (κ2) is 7.78. The predicted molar refractivity (Wildman–Crippen MR) is 95.7 cm³/mol. The summed E-state index contributed by atoms with van der Waals surface area (Å²) < 4.78 is 12.3. The molecule has 1 heterocycles. The summed E-state index contributed by atoms with van der Waals surface area (Å²) >= 11 is 0. The highest BCUT2D eigenvalue weighted by Crippen LogP contribution is 2.38. The van der Waals surface area contributed by atoms with Gasteiger partial charge in [0.15, 0.2) is 8.32 Å². The van der Waals surface area contributed by atoms with Crippen LogP contribution in [-0.2, 0) is 9.16 Å². The zero-order valence-electron chi connectivity index (χ0n) is 15.9. The molecule has 1 saturated heterocycles. The molecule has 4 heteroatoms. The van der Waals surface area contributed by atoms with Crippen LogP contribution in [0.15, 0.2) is 0 Å². The Bertz CT molecular complexity index is 334. The summed E-state index contributed by atoms with van der Waals surface area (Å²) in [5.74, 6) is 1.19. The first-order valence-corrected chi connectivity index (χ1v) is 11.8. The summed E-state index contributed by atoms with van der Waals surface area (Å²) in [6.45, 7) is 17.9. The van der Waals surface area contributed by atoms with Crippen LogP contribution in [0.5, 0.6) is 0 Å². The molecular formula is C18H38O3Si.